The Kier molecular flexibility index (Phi) is 16.1. The molecule has 0 N–H and O–H groups in total. The number of aromatic nitrogens is 2. The second-order valence-corrected chi connectivity index (χ2v) is 16.8. The highest BCUT2D eigenvalue weighted by Crippen LogP contribution is 2.52. The van der Waals surface area contributed by atoms with Gasteiger partial charge in [0, 0.05) is 104 Å². The lowest BCUT2D eigenvalue weighted by Crippen LogP contribution is -2.25. The topological polar surface area (TPSA) is 159 Å². The maximum atomic E-state index is 9.28. The summed E-state index contributed by atoms with van der Waals surface area (Å²) in [5.74, 6) is 0. The quantitative estimate of drug-likeness (QED) is 0.0215. The molecule has 12 nitrogen and oxygen atoms in total. The summed E-state index contributed by atoms with van der Waals surface area (Å²) < 4.78 is 4.77. The number of unbranched alkanes of at least 4 members (excludes halogenated alkanes) is 17. The number of azide groups is 3. The molecule has 1 aliphatic heterocycles. The molecule has 7 rings (SSSR count). The molecule has 61 heavy (non-hydrogen) atoms. The standard InChI is InChI=1S/C49H62N12/c50-56-53-31-23-15-13-11-9-7-5-3-1-2-4-6-8-10-12-14-16-24-34-59-42-28-20-17-25-38(42)37-41-47(59)45-40-27-19-22-30-44(40)61(36-33-55-58-52)49(45)46-39-26-18-21-29-43(39)60(48(41)46)35-32-54-57-51/h17-22,25-30H,1-16,23-24,31-37H2. The molecule has 0 saturated heterocycles. The zero-order chi connectivity index (χ0) is 42.1. The first-order valence-electron chi connectivity index (χ1n) is 23.1. The van der Waals surface area contributed by atoms with Gasteiger partial charge in [-0.2, -0.15) is 0 Å². The van der Waals surface area contributed by atoms with Crippen LogP contribution in [0.2, 0.25) is 0 Å². The first-order valence-corrected chi connectivity index (χ1v) is 23.1. The number of rotatable bonds is 27. The molecule has 4 aromatic carbocycles. The van der Waals surface area contributed by atoms with Gasteiger partial charge in [-0.05, 0) is 53.2 Å². The van der Waals surface area contributed by atoms with Crippen molar-refractivity contribution in [2.45, 2.75) is 135 Å². The van der Waals surface area contributed by atoms with Crippen LogP contribution in [0.3, 0.4) is 0 Å². The predicted molar refractivity (Wildman–Crippen MR) is 254 cm³/mol. The van der Waals surface area contributed by atoms with Gasteiger partial charge >= 0.3 is 0 Å². The highest BCUT2D eigenvalue weighted by atomic mass is 15.2. The van der Waals surface area contributed by atoms with Crippen molar-refractivity contribution in [3.8, 4) is 0 Å². The number of hydrogen-bond donors (Lipinski definition) is 0. The molecule has 0 atom stereocenters. The minimum absolute atomic E-state index is 0.357. The number of anilines is 2. The van der Waals surface area contributed by atoms with Crippen LogP contribution in [0.25, 0.3) is 74.9 Å². The van der Waals surface area contributed by atoms with E-state index in [9.17, 15) is 11.1 Å². The molecule has 0 unspecified atom stereocenters. The van der Waals surface area contributed by atoms with Crippen LogP contribution in [0.15, 0.2) is 88.1 Å². The van der Waals surface area contributed by atoms with E-state index in [1.54, 1.807) is 0 Å². The SMILES string of the molecule is [N-]=[N+]=NCCCCCCCCCCCCCCCCCCCCN1c2ccccc2Cc2c1c1c3ccccc3n(CCN=[N+]=[N-])c1c1c3ccccc3n(CCN=[N+]=[N-])c21. The molecule has 0 saturated carbocycles. The van der Waals surface area contributed by atoms with Crippen molar-refractivity contribution >= 4 is 55.0 Å². The smallest absolute Gasteiger partial charge is 0.0614 e. The van der Waals surface area contributed by atoms with E-state index in [4.69, 9.17) is 5.53 Å². The van der Waals surface area contributed by atoms with Gasteiger partial charge in [0.2, 0.25) is 0 Å². The Balaban J connectivity index is 1.04. The van der Waals surface area contributed by atoms with Crippen molar-refractivity contribution in [3.63, 3.8) is 0 Å². The number of nitrogens with zero attached hydrogens (tertiary/aromatic N) is 12. The van der Waals surface area contributed by atoms with E-state index < -0.39 is 0 Å². The average molecular weight is 819 g/mol. The Morgan fingerprint density at radius 1 is 0.443 bits per heavy atom. The molecular formula is C49H62N12. The Morgan fingerprint density at radius 3 is 1.44 bits per heavy atom. The van der Waals surface area contributed by atoms with Crippen molar-refractivity contribution < 1.29 is 0 Å². The molecule has 0 bridgehead atoms. The van der Waals surface area contributed by atoms with Gasteiger partial charge in [-0.1, -0.05) is 173 Å². The largest absolute Gasteiger partial charge is 0.340 e. The van der Waals surface area contributed by atoms with Gasteiger partial charge in [-0.25, -0.2) is 0 Å². The van der Waals surface area contributed by atoms with Gasteiger partial charge in [0.05, 0.1) is 16.7 Å². The Morgan fingerprint density at radius 2 is 0.885 bits per heavy atom. The third kappa shape index (κ3) is 10.2. The molecule has 318 valence electrons. The predicted octanol–water partition coefficient (Wildman–Crippen LogP) is 15.9. The molecule has 3 heterocycles. The van der Waals surface area contributed by atoms with Crippen molar-refractivity contribution in [2.75, 3.05) is 31.1 Å². The van der Waals surface area contributed by atoms with Crippen LogP contribution in [-0.2, 0) is 19.5 Å². The van der Waals surface area contributed by atoms with Crippen LogP contribution >= 0.6 is 0 Å². The molecule has 0 radical (unpaired) electrons. The summed E-state index contributed by atoms with van der Waals surface area (Å²) in [5, 5.41) is 16.5. The van der Waals surface area contributed by atoms with Crippen LogP contribution in [-0.4, -0.2) is 35.3 Å². The number of hydrogen-bond acceptors (Lipinski definition) is 4. The second kappa shape index (κ2) is 22.7. The van der Waals surface area contributed by atoms with Crippen LogP contribution in [0.5, 0.6) is 0 Å². The van der Waals surface area contributed by atoms with Crippen LogP contribution in [0.1, 0.15) is 127 Å². The van der Waals surface area contributed by atoms with E-state index >= 15 is 0 Å². The van der Waals surface area contributed by atoms with Gasteiger partial charge in [0.25, 0.3) is 0 Å². The molecule has 12 heteroatoms. The van der Waals surface area contributed by atoms with Crippen LogP contribution in [0, 0.1) is 0 Å². The maximum absolute atomic E-state index is 9.28. The van der Waals surface area contributed by atoms with E-state index in [0.717, 1.165) is 36.8 Å². The zero-order valence-electron chi connectivity index (χ0n) is 36.0. The molecule has 6 aromatic rings. The number of fused-ring (bicyclic) bond motifs is 11. The van der Waals surface area contributed by atoms with Gasteiger partial charge in [0.1, 0.15) is 0 Å². The summed E-state index contributed by atoms with van der Waals surface area (Å²) in [4.78, 5) is 11.7. The summed E-state index contributed by atoms with van der Waals surface area (Å²) in [7, 11) is 0. The molecular weight excluding hydrogens is 757 g/mol. The highest BCUT2D eigenvalue weighted by Gasteiger charge is 2.32. The molecule has 2 aromatic heterocycles. The van der Waals surface area contributed by atoms with Gasteiger partial charge in [0.15, 0.2) is 0 Å². The van der Waals surface area contributed by atoms with E-state index in [1.807, 2.05) is 0 Å². The number of benzene rings is 4. The first-order chi connectivity index (χ1) is 30.3. The van der Waals surface area contributed by atoms with Crippen molar-refractivity contribution in [2.24, 2.45) is 15.3 Å². The van der Waals surface area contributed by atoms with Crippen LogP contribution in [0.4, 0.5) is 11.4 Å². The summed E-state index contributed by atoms with van der Waals surface area (Å²) in [6, 6.07) is 26.3. The van der Waals surface area contributed by atoms with Gasteiger partial charge in [-0.15, -0.1) is 0 Å². The summed E-state index contributed by atoms with van der Waals surface area (Å²) in [5.41, 5.74) is 36.8. The molecule has 0 fully saturated rings. The molecule has 0 aliphatic carbocycles. The van der Waals surface area contributed by atoms with Crippen molar-refractivity contribution in [1.82, 2.24) is 9.13 Å². The monoisotopic (exact) mass is 819 g/mol. The van der Waals surface area contributed by atoms with Crippen molar-refractivity contribution in [1.29, 1.82) is 0 Å². The second-order valence-electron chi connectivity index (χ2n) is 16.8. The van der Waals surface area contributed by atoms with Gasteiger partial charge < -0.3 is 14.0 Å². The summed E-state index contributed by atoms with van der Waals surface area (Å²) in [6.07, 6.45) is 24.1. The highest BCUT2D eigenvalue weighted by molar-refractivity contribution is 6.30. The molecule has 0 spiro atoms. The van der Waals surface area contributed by atoms with E-state index in [0.29, 0.717) is 32.7 Å². The maximum Gasteiger partial charge on any atom is 0.0614 e. The summed E-state index contributed by atoms with van der Waals surface area (Å²) >= 11 is 0. The minimum atomic E-state index is 0.357. The van der Waals surface area contributed by atoms with Crippen LogP contribution < -0.4 is 4.90 Å². The lowest BCUT2D eigenvalue weighted by molar-refractivity contribution is 0.524. The van der Waals surface area contributed by atoms with Gasteiger partial charge in [-0.3, -0.25) is 0 Å². The zero-order valence-corrected chi connectivity index (χ0v) is 36.0. The summed E-state index contributed by atoms with van der Waals surface area (Å²) in [6.45, 7) is 3.45. The Bertz CT molecular complexity index is 2530. The Labute approximate surface area is 359 Å². The third-order valence-electron chi connectivity index (χ3n) is 12.8. The fourth-order valence-corrected chi connectivity index (χ4v) is 10.0. The first kappa shape index (κ1) is 43.3. The fraction of sp³-hybridized carbons (Fsp3) is 0.510. The average Bonchev–Trinajstić information content (AvgIpc) is 3.79. The minimum Gasteiger partial charge on any atom is -0.340 e. The Hall–Kier alpha value is -5.79. The van der Waals surface area contributed by atoms with E-state index in [1.165, 1.54) is 158 Å². The van der Waals surface area contributed by atoms with E-state index in [2.05, 4.69) is 117 Å². The third-order valence-corrected chi connectivity index (χ3v) is 12.8. The number of para-hydroxylation sites is 3. The normalized spacial score (nSPS) is 12.1. The van der Waals surface area contributed by atoms with Crippen molar-refractivity contribution in [3.05, 3.63) is 115 Å². The lowest BCUT2D eigenvalue weighted by Gasteiger charge is -2.35. The fourth-order valence-electron chi connectivity index (χ4n) is 10.0. The lowest BCUT2D eigenvalue weighted by atomic mass is 9.90. The molecule has 0 amide bonds. The van der Waals surface area contributed by atoms with E-state index in [-0.39, 0.29) is 0 Å². The molecule has 1 aliphatic rings.